The smallest absolute Gasteiger partial charge is 0.0836 e. The van der Waals surface area contributed by atoms with Gasteiger partial charge in [0.1, 0.15) is 0 Å². The second-order valence-corrected chi connectivity index (χ2v) is 9.20. The van der Waals surface area contributed by atoms with Gasteiger partial charge >= 0.3 is 0 Å². The summed E-state index contributed by atoms with van der Waals surface area (Å²) >= 11 is 22.9. The fraction of sp³-hybridized carbons (Fsp3) is 1.00. The third kappa shape index (κ3) is 5.31. The average molecular weight is 464 g/mol. The second-order valence-electron chi connectivity index (χ2n) is 4.56. The van der Waals surface area contributed by atoms with Crippen LogP contribution in [0.2, 0.25) is 0 Å². The topological polar surface area (TPSA) is 20.2 Å². The Kier molecular flexibility index (Phi) is 7.81. The van der Waals surface area contributed by atoms with Crippen LogP contribution in [0.3, 0.4) is 0 Å². The van der Waals surface area contributed by atoms with Gasteiger partial charge in [0.25, 0.3) is 0 Å². The van der Waals surface area contributed by atoms with Crippen molar-refractivity contribution in [1.82, 2.24) is 0 Å². The van der Waals surface area contributed by atoms with E-state index in [0.29, 0.717) is 5.33 Å². The molecule has 0 aliphatic carbocycles. The Balaban J connectivity index is 4.52. The zero-order chi connectivity index (χ0) is 13.1. The minimum atomic E-state index is -0.725. The number of halogens is 5. The summed E-state index contributed by atoms with van der Waals surface area (Å²) in [4.78, 5) is -0.987. The van der Waals surface area contributed by atoms with Gasteiger partial charge in [0.15, 0.2) is 0 Å². The Hall–Kier alpha value is 1.98. The highest BCUT2D eigenvalue weighted by molar-refractivity contribution is 9.10. The molecule has 1 nitrogen and oxygen atoms in total. The molecule has 6 heteroatoms. The molecule has 0 aromatic rings. The molecule has 0 fully saturated rings. The summed E-state index contributed by atoms with van der Waals surface area (Å²) in [5, 5.41) is 10.3. The Labute approximate surface area is 133 Å². The monoisotopic (exact) mass is 460 g/mol. The molecule has 0 radical (unpaired) electrons. The maximum absolute atomic E-state index is 9.81. The molecule has 0 bridgehead atoms. The fourth-order valence-corrected chi connectivity index (χ4v) is 3.72. The number of alkyl halides is 5. The molecule has 0 aromatic carbocycles. The van der Waals surface area contributed by atoms with Crippen LogP contribution in [-0.4, -0.2) is 35.9 Å². The van der Waals surface area contributed by atoms with Crippen molar-refractivity contribution in [2.45, 2.75) is 52.7 Å². The zero-order valence-electron chi connectivity index (χ0n) is 9.48. The molecule has 0 saturated heterocycles. The third-order valence-corrected chi connectivity index (χ3v) is 7.33. The molecule has 4 unspecified atom stereocenters. The first-order valence-corrected chi connectivity index (χ1v) is 8.64. The van der Waals surface area contributed by atoms with Crippen molar-refractivity contribution in [1.29, 1.82) is 0 Å². The SMILES string of the molecule is CC(C)(Cl)C(Br)CC(Br)C(C)(Cl)C(O)CBr. The van der Waals surface area contributed by atoms with Gasteiger partial charge in [-0.2, -0.15) is 0 Å². The van der Waals surface area contributed by atoms with Crippen LogP contribution in [0, 0.1) is 0 Å². The van der Waals surface area contributed by atoms with Crippen LogP contribution in [0.25, 0.3) is 0 Å². The second kappa shape index (κ2) is 6.95. The van der Waals surface area contributed by atoms with Gasteiger partial charge in [-0.15, -0.1) is 23.2 Å². The summed E-state index contributed by atoms with van der Waals surface area (Å²) in [7, 11) is 0. The summed E-state index contributed by atoms with van der Waals surface area (Å²) in [6, 6.07) is 0. The van der Waals surface area contributed by atoms with Crippen LogP contribution in [-0.2, 0) is 0 Å². The van der Waals surface area contributed by atoms with E-state index >= 15 is 0 Å². The summed E-state index contributed by atoms with van der Waals surface area (Å²) in [6.45, 7) is 5.71. The third-order valence-electron chi connectivity index (χ3n) is 2.57. The van der Waals surface area contributed by atoms with E-state index in [1.165, 1.54) is 0 Å². The fourth-order valence-electron chi connectivity index (χ4n) is 1.05. The quantitative estimate of drug-likeness (QED) is 0.567. The molecule has 0 spiro atoms. The molecule has 0 rings (SSSR count). The minimum absolute atomic E-state index is 0.0309. The van der Waals surface area contributed by atoms with E-state index in [2.05, 4.69) is 47.8 Å². The summed E-state index contributed by atoms with van der Waals surface area (Å²) < 4.78 is 0. The normalized spacial score (nSPS) is 22.3. The van der Waals surface area contributed by atoms with Gasteiger partial charge in [-0.1, -0.05) is 47.8 Å². The Morgan fingerprint density at radius 1 is 1.12 bits per heavy atom. The van der Waals surface area contributed by atoms with Gasteiger partial charge in [0, 0.05) is 15.0 Å². The summed E-state index contributed by atoms with van der Waals surface area (Å²) in [5.74, 6) is 0. The Bertz CT molecular complexity index is 219. The van der Waals surface area contributed by atoms with Gasteiger partial charge < -0.3 is 5.11 Å². The van der Waals surface area contributed by atoms with Crippen molar-refractivity contribution in [2.75, 3.05) is 5.33 Å². The molecule has 0 saturated carbocycles. The molecule has 1 N–H and O–H groups in total. The van der Waals surface area contributed by atoms with Gasteiger partial charge in [0.05, 0.1) is 15.9 Å². The maximum Gasteiger partial charge on any atom is 0.0836 e. The van der Waals surface area contributed by atoms with E-state index in [1.54, 1.807) is 0 Å². The van der Waals surface area contributed by atoms with Crippen molar-refractivity contribution in [3.8, 4) is 0 Å². The molecule has 98 valence electrons. The van der Waals surface area contributed by atoms with Crippen molar-refractivity contribution in [2.24, 2.45) is 0 Å². The van der Waals surface area contributed by atoms with E-state index in [9.17, 15) is 5.11 Å². The summed E-state index contributed by atoms with van der Waals surface area (Å²) in [5.41, 5.74) is 0. The minimum Gasteiger partial charge on any atom is -0.390 e. The number of rotatable bonds is 6. The standard InChI is InChI=1S/C10H17Br3Cl2O/c1-9(2,14)6(12)4-7(13)10(3,15)8(16)5-11/h6-8,16H,4-5H2,1-3H3. The van der Waals surface area contributed by atoms with Crippen LogP contribution in [0.15, 0.2) is 0 Å². The van der Waals surface area contributed by atoms with Gasteiger partial charge in [-0.05, 0) is 27.2 Å². The number of aliphatic hydroxyl groups is 1. The van der Waals surface area contributed by atoms with Gasteiger partial charge in [0.2, 0.25) is 0 Å². The highest BCUT2D eigenvalue weighted by Crippen LogP contribution is 2.38. The van der Waals surface area contributed by atoms with E-state index in [-0.39, 0.29) is 14.5 Å². The predicted octanol–water partition coefficient (Wildman–Crippen LogP) is 4.67. The largest absolute Gasteiger partial charge is 0.390 e. The maximum atomic E-state index is 9.81. The molecule has 0 heterocycles. The van der Waals surface area contributed by atoms with Crippen LogP contribution in [0.4, 0.5) is 0 Å². The average Bonchev–Trinajstić information content (AvgIpc) is 2.14. The van der Waals surface area contributed by atoms with Crippen LogP contribution in [0.1, 0.15) is 27.2 Å². The molecule has 16 heavy (non-hydrogen) atoms. The first-order chi connectivity index (χ1) is 7.03. The molecule has 0 aliphatic heterocycles. The van der Waals surface area contributed by atoms with E-state index in [4.69, 9.17) is 23.2 Å². The Morgan fingerprint density at radius 3 is 1.88 bits per heavy atom. The van der Waals surface area contributed by atoms with Crippen molar-refractivity contribution in [3.05, 3.63) is 0 Å². The highest BCUT2D eigenvalue weighted by atomic mass is 79.9. The van der Waals surface area contributed by atoms with Crippen LogP contribution in [0.5, 0.6) is 0 Å². The van der Waals surface area contributed by atoms with E-state index < -0.39 is 11.0 Å². The molecular weight excluding hydrogens is 447 g/mol. The lowest BCUT2D eigenvalue weighted by Gasteiger charge is -2.35. The zero-order valence-corrected chi connectivity index (χ0v) is 15.8. The number of aliphatic hydroxyl groups excluding tert-OH is 1. The van der Waals surface area contributed by atoms with Crippen molar-refractivity contribution >= 4 is 71.0 Å². The van der Waals surface area contributed by atoms with E-state index in [0.717, 1.165) is 6.42 Å². The molecule has 0 aromatic heterocycles. The van der Waals surface area contributed by atoms with Gasteiger partial charge in [-0.3, -0.25) is 0 Å². The number of hydrogen-bond donors (Lipinski definition) is 1. The van der Waals surface area contributed by atoms with Crippen molar-refractivity contribution < 1.29 is 5.11 Å². The molecule has 4 atom stereocenters. The highest BCUT2D eigenvalue weighted by Gasteiger charge is 2.40. The lowest BCUT2D eigenvalue weighted by atomic mass is 9.95. The Morgan fingerprint density at radius 2 is 1.56 bits per heavy atom. The first kappa shape index (κ1) is 18.0. The predicted molar refractivity (Wildman–Crippen MR) is 84.0 cm³/mol. The molecule has 0 amide bonds. The van der Waals surface area contributed by atoms with Gasteiger partial charge in [-0.25, -0.2) is 0 Å². The first-order valence-electron chi connectivity index (χ1n) is 4.93. The van der Waals surface area contributed by atoms with Crippen molar-refractivity contribution in [3.63, 3.8) is 0 Å². The lowest BCUT2D eigenvalue weighted by Crippen LogP contribution is -2.45. The van der Waals surface area contributed by atoms with Crippen LogP contribution < -0.4 is 0 Å². The number of hydrogen-bond acceptors (Lipinski definition) is 1. The molecule has 0 aliphatic rings. The summed E-state index contributed by atoms with van der Waals surface area (Å²) in [6.07, 6.45) is 0.122. The van der Waals surface area contributed by atoms with Crippen LogP contribution >= 0.6 is 71.0 Å². The lowest BCUT2D eigenvalue weighted by molar-refractivity contribution is 0.153. The van der Waals surface area contributed by atoms with E-state index in [1.807, 2.05) is 20.8 Å². The molecular formula is C10H17Br3Cl2O.